The van der Waals surface area contributed by atoms with Crippen LogP contribution in [0.5, 0.6) is 0 Å². The van der Waals surface area contributed by atoms with Crippen LogP contribution in [0.15, 0.2) is 53.7 Å². The second-order valence-electron chi connectivity index (χ2n) is 7.81. The number of anilines is 1. The number of para-hydroxylation sites is 1. The zero-order chi connectivity index (χ0) is 20.1. The lowest BCUT2D eigenvalue weighted by Crippen LogP contribution is -2.40. The average molecular weight is 396 g/mol. The Morgan fingerprint density at radius 2 is 1.86 bits per heavy atom. The predicted octanol–water partition coefficient (Wildman–Crippen LogP) is 4.09. The molecular weight excluding hydrogens is 370 g/mol. The largest absolute Gasteiger partial charge is 0.275 e. The van der Waals surface area contributed by atoms with Gasteiger partial charge in [-0.2, -0.15) is 5.10 Å². The van der Waals surface area contributed by atoms with Crippen LogP contribution in [0.3, 0.4) is 0 Å². The standard InChI is InChI=1S/C22H25N3O2S/c1-15-10-19-7-5-6-16(2)22(19)25(13-15)28(26,27)21-9-8-18(11-17(21)3)20-12-23-24(4)14-20/h5-9,11-12,14-15H,10,13H2,1-4H3. The molecule has 0 N–H and O–H groups in total. The molecule has 1 atom stereocenters. The Morgan fingerprint density at radius 3 is 2.54 bits per heavy atom. The second kappa shape index (κ2) is 6.78. The summed E-state index contributed by atoms with van der Waals surface area (Å²) in [5, 5.41) is 4.20. The maximum Gasteiger partial charge on any atom is 0.264 e. The summed E-state index contributed by atoms with van der Waals surface area (Å²) >= 11 is 0. The van der Waals surface area contributed by atoms with Crippen molar-refractivity contribution in [1.82, 2.24) is 9.78 Å². The van der Waals surface area contributed by atoms with Gasteiger partial charge in [0.2, 0.25) is 0 Å². The number of hydrogen-bond donors (Lipinski definition) is 0. The van der Waals surface area contributed by atoms with E-state index in [4.69, 9.17) is 0 Å². The van der Waals surface area contributed by atoms with E-state index in [1.807, 2.05) is 57.4 Å². The molecule has 0 aliphatic carbocycles. The Bertz CT molecular complexity index is 1150. The van der Waals surface area contributed by atoms with Crippen LogP contribution in [-0.2, 0) is 23.5 Å². The minimum absolute atomic E-state index is 0.277. The molecule has 0 amide bonds. The van der Waals surface area contributed by atoms with E-state index in [2.05, 4.69) is 12.0 Å². The number of benzene rings is 2. The lowest BCUT2D eigenvalue weighted by atomic mass is 9.93. The molecule has 0 saturated heterocycles. The molecule has 0 spiro atoms. The van der Waals surface area contributed by atoms with Gasteiger partial charge < -0.3 is 0 Å². The van der Waals surface area contributed by atoms with Crippen molar-refractivity contribution in [3.63, 3.8) is 0 Å². The van der Waals surface area contributed by atoms with Crippen molar-refractivity contribution < 1.29 is 8.42 Å². The first-order valence-electron chi connectivity index (χ1n) is 9.48. The van der Waals surface area contributed by atoms with E-state index in [0.717, 1.165) is 39.9 Å². The van der Waals surface area contributed by atoms with Gasteiger partial charge in [0, 0.05) is 25.4 Å². The molecule has 5 nitrogen and oxygen atoms in total. The van der Waals surface area contributed by atoms with Gasteiger partial charge in [-0.3, -0.25) is 8.99 Å². The van der Waals surface area contributed by atoms with Gasteiger partial charge in [-0.05, 0) is 60.6 Å². The van der Waals surface area contributed by atoms with Gasteiger partial charge in [0.25, 0.3) is 10.0 Å². The highest BCUT2D eigenvalue weighted by molar-refractivity contribution is 7.92. The highest BCUT2D eigenvalue weighted by Gasteiger charge is 2.33. The molecule has 146 valence electrons. The van der Waals surface area contributed by atoms with Gasteiger partial charge in [-0.15, -0.1) is 0 Å². The summed E-state index contributed by atoms with van der Waals surface area (Å²) in [6.45, 7) is 6.45. The van der Waals surface area contributed by atoms with Gasteiger partial charge >= 0.3 is 0 Å². The molecule has 2 aromatic carbocycles. The molecule has 1 unspecified atom stereocenters. The minimum atomic E-state index is -3.64. The Hall–Kier alpha value is -2.60. The summed E-state index contributed by atoms with van der Waals surface area (Å²) in [6, 6.07) is 11.5. The van der Waals surface area contributed by atoms with Crippen LogP contribution >= 0.6 is 0 Å². The van der Waals surface area contributed by atoms with Crippen molar-refractivity contribution in [2.24, 2.45) is 13.0 Å². The van der Waals surface area contributed by atoms with E-state index in [-0.39, 0.29) is 5.92 Å². The fourth-order valence-corrected chi connectivity index (χ4v) is 5.98. The first-order valence-corrected chi connectivity index (χ1v) is 10.9. The number of sulfonamides is 1. The van der Waals surface area contributed by atoms with Crippen LogP contribution in [0.4, 0.5) is 5.69 Å². The Labute approximate surface area is 166 Å². The highest BCUT2D eigenvalue weighted by Crippen LogP contribution is 2.37. The number of aromatic nitrogens is 2. The molecule has 1 aromatic heterocycles. The minimum Gasteiger partial charge on any atom is -0.275 e. The molecule has 4 rings (SSSR count). The van der Waals surface area contributed by atoms with Gasteiger partial charge in [0.1, 0.15) is 0 Å². The van der Waals surface area contributed by atoms with E-state index in [9.17, 15) is 8.42 Å². The number of rotatable bonds is 3. The summed E-state index contributed by atoms with van der Waals surface area (Å²) < 4.78 is 30.6. The number of nitrogens with zero attached hydrogens (tertiary/aromatic N) is 3. The molecule has 1 aliphatic rings. The van der Waals surface area contributed by atoms with Crippen molar-refractivity contribution >= 4 is 15.7 Å². The van der Waals surface area contributed by atoms with Crippen molar-refractivity contribution in [3.05, 3.63) is 65.5 Å². The van der Waals surface area contributed by atoms with Crippen LogP contribution in [0, 0.1) is 19.8 Å². The van der Waals surface area contributed by atoms with Crippen LogP contribution in [0.25, 0.3) is 11.1 Å². The maximum absolute atomic E-state index is 13.6. The highest BCUT2D eigenvalue weighted by atomic mass is 32.2. The zero-order valence-electron chi connectivity index (χ0n) is 16.7. The molecule has 0 saturated carbocycles. The molecule has 1 aliphatic heterocycles. The van der Waals surface area contributed by atoms with Gasteiger partial charge in [-0.25, -0.2) is 8.42 Å². The Kier molecular flexibility index (Phi) is 4.54. The Balaban J connectivity index is 1.79. The normalized spacial score (nSPS) is 16.9. The van der Waals surface area contributed by atoms with Gasteiger partial charge in [0.15, 0.2) is 0 Å². The zero-order valence-corrected chi connectivity index (χ0v) is 17.5. The SMILES string of the molecule is Cc1cc(-c2cnn(C)c2)ccc1S(=O)(=O)N1CC(C)Cc2cccc(C)c21. The van der Waals surface area contributed by atoms with Crippen LogP contribution < -0.4 is 4.31 Å². The summed E-state index contributed by atoms with van der Waals surface area (Å²) in [6.07, 6.45) is 4.62. The topological polar surface area (TPSA) is 55.2 Å². The molecule has 2 heterocycles. The van der Waals surface area contributed by atoms with Gasteiger partial charge in [-0.1, -0.05) is 31.2 Å². The molecule has 0 fully saturated rings. The molecular formula is C22H25N3O2S. The second-order valence-corrected chi connectivity index (χ2v) is 9.64. The monoisotopic (exact) mass is 395 g/mol. The van der Waals surface area contributed by atoms with Crippen molar-refractivity contribution in [1.29, 1.82) is 0 Å². The van der Waals surface area contributed by atoms with Crippen LogP contribution in [0.2, 0.25) is 0 Å². The summed E-state index contributed by atoms with van der Waals surface area (Å²) in [5.41, 5.74) is 5.63. The molecule has 3 aromatic rings. The van der Waals surface area contributed by atoms with Crippen molar-refractivity contribution in [3.8, 4) is 11.1 Å². The van der Waals surface area contributed by atoms with E-state index < -0.39 is 10.0 Å². The third-order valence-corrected chi connectivity index (χ3v) is 7.32. The van der Waals surface area contributed by atoms with Crippen LogP contribution in [-0.4, -0.2) is 24.7 Å². The number of aryl methyl sites for hydroxylation is 3. The fourth-order valence-electron chi connectivity index (χ4n) is 4.08. The number of fused-ring (bicyclic) bond motifs is 1. The Morgan fingerprint density at radius 1 is 1.07 bits per heavy atom. The van der Waals surface area contributed by atoms with Crippen molar-refractivity contribution in [2.45, 2.75) is 32.1 Å². The van der Waals surface area contributed by atoms with E-state index in [0.29, 0.717) is 11.4 Å². The van der Waals surface area contributed by atoms with E-state index >= 15 is 0 Å². The summed E-state index contributed by atoms with van der Waals surface area (Å²) in [5.74, 6) is 0.277. The van der Waals surface area contributed by atoms with E-state index in [1.54, 1.807) is 21.3 Å². The lowest BCUT2D eigenvalue weighted by Gasteiger charge is -2.35. The lowest BCUT2D eigenvalue weighted by molar-refractivity contribution is 0.543. The number of hydrogen-bond acceptors (Lipinski definition) is 3. The maximum atomic E-state index is 13.6. The summed E-state index contributed by atoms with van der Waals surface area (Å²) in [4.78, 5) is 0.364. The van der Waals surface area contributed by atoms with Crippen LogP contribution in [0.1, 0.15) is 23.6 Å². The van der Waals surface area contributed by atoms with E-state index in [1.165, 1.54) is 0 Å². The molecule has 0 bridgehead atoms. The smallest absolute Gasteiger partial charge is 0.264 e. The first kappa shape index (κ1) is 18.7. The third-order valence-electron chi connectivity index (χ3n) is 5.40. The van der Waals surface area contributed by atoms with Crippen molar-refractivity contribution in [2.75, 3.05) is 10.8 Å². The third kappa shape index (κ3) is 3.11. The molecule has 0 radical (unpaired) electrons. The average Bonchev–Trinajstić information content (AvgIpc) is 3.07. The van der Waals surface area contributed by atoms with Gasteiger partial charge in [0.05, 0.1) is 16.8 Å². The molecule has 28 heavy (non-hydrogen) atoms. The first-order chi connectivity index (χ1) is 13.3. The molecule has 6 heteroatoms. The predicted molar refractivity (Wildman–Crippen MR) is 112 cm³/mol. The fraction of sp³-hybridized carbons (Fsp3) is 0.318. The quantitative estimate of drug-likeness (QED) is 0.671. The summed E-state index contributed by atoms with van der Waals surface area (Å²) in [7, 11) is -1.78.